The predicted molar refractivity (Wildman–Crippen MR) is 63.0 cm³/mol. The lowest BCUT2D eigenvalue weighted by atomic mass is 10.2. The van der Waals surface area contributed by atoms with Gasteiger partial charge in [-0.3, -0.25) is 4.79 Å². The largest absolute Gasteiger partial charge is 0.480 e. The molecule has 0 aliphatic heterocycles. The third-order valence-electron chi connectivity index (χ3n) is 2.40. The Morgan fingerprint density at radius 3 is 2.00 bits per heavy atom. The van der Waals surface area contributed by atoms with Crippen LogP contribution in [0, 0.1) is 29.1 Å². The van der Waals surface area contributed by atoms with Crippen molar-refractivity contribution in [3.63, 3.8) is 0 Å². The zero-order valence-corrected chi connectivity index (χ0v) is 10.9. The van der Waals surface area contributed by atoms with Crippen molar-refractivity contribution in [1.29, 1.82) is 0 Å². The number of halogens is 5. The number of carboxylic acids is 1. The van der Waals surface area contributed by atoms with E-state index in [1.807, 2.05) is 5.32 Å². The van der Waals surface area contributed by atoms with Gasteiger partial charge in [0.1, 0.15) is 6.04 Å². The van der Waals surface area contributed by atoms with Gasteiger partial charge in [0.15, 0.2) is 23.3 Å². The van der Waals surface area contributed by atoms with Gasteiger partial charge in [-0.05, 0) is 0 Å². The number of carbonyl (C=O) groups is 2. The molecule has 0 aliphatic rings. The first-order valence-corrected chi connectivity index (χ1v) is 6.47. The number of rotatable bonds is 7. The van der Waals surface area contributed by atoms with Gasteiger partial charge in [-0.25, -0.2) is 26.7 Å². The number of thioether (sulfide) groups is 1. The van der Waals surface area contributed by atoms with Gasteiger partial charge in [-0.2, -0.15) is 11.8 Å². The number of hydrogen-bond acceptors (Lipinski definition) is 3. The molecule has 2 N–H and O–H groups in total. The molecule has 116 valence electrons. The molecule has 1 rings (SSSR count). The van der Waals surface area contributed by atoms with Crippen LogP contribution < -0.4 is 5.32 Å². The molecule has 21 heavy (non-hydrogen) atoms. The van der Waals surface area contributed by atoms with E-state index in [1.54, 1.807) is 0 Å². The number of nitrogens with one attached hydrogen (secondary N) is 1. The molecule has 0 bridgehead atoms. The molecular formula is C11H8F5NO3S. The van der Waals surface area contributed by atoms with Gasteiger partial charge < -0.3 is 10.4 Å². The fraction of sp³-hybridized carbons (Fsp3) is 0.273. The molecule has 0 saturated carbocycles. The summed E-state index contributed by atoms with van der Waals surface area (Å²) in [5.41, 5.74) is -1.05. The Labute approximate surface area is 119 Å². The lowest BCUT2D eigenvalue weighted by molar-refractivity contribution is -0.139. The second-order valence-corrected chi connectivity index (χ2v) is 4.77. The van der Waals surface area contributed by atoms with Crippen LogP contribution in [-0.4, -0.2) is 29.3 Å². The van der Waals surface area contributed by atoms with Gasteiger partial charge in [0.2, 0.25) is 12.2 Å². The minimum atomic E-state index is -2.26. The zero-order chi connectivity index (χ0) is 16.2. The first kappa shape index (κ1) is 17.2. The van der Waals surface area contributed by atoms with E-state index < -0.39 is 52.4 Å². The highest BCUT2D eigenvalue weighted by Crippen LogP contribution is 2.26. The molecule has 0 saturated heterocycles. The Bertz CT molecular complexity index is 540. The van der Waals surface area contributed by atoms with E-state index in [0.717, 1.165) is 0 Å². The van der Waals surface area contributed by atoms with Crippen LogP contribution in [0.25, 0.3) is 0 Å². The number of aliphatic carboxylic acids is 1. The SMILES string of the molecule is O=CNC(CSCc1c(F)c(F)c(F)c(F)c1F)C(=O)O. The van der Waals surface area contributed by atoms with E-state index >= 15 is 0 Å². The molecule has 0 fully saturated rings. The highest BCUT2D eigenvalue weighted by molar-refractivity contribution is 7.98. The van der Waals surface area contributed by atoms with Gasteiger partial charge in [0, 0.05) is 17.1 Å². The summed E-state index contributed by atoms with van der Waals surface area (Å²) in [6.45, 7) is 0. The summed E-state index contributed by atoms with van der Waals surface area (Å²) in [4.78, 5) is 20.8. The molecule has 1 aromatic rings. The molecule has 1 atom stereocenters. The summed E-state index contributed by atoms with van der Waals surface area (Å²) in [6, 6.07) is -1.34. The second-order valence-electron chi connectivity index (χ2n) is 3.74. The third-order valence-corrected chi connectivity index (χ3v) is 3.46. The summed E-state index contributed by atoms with van der Waals surface area (Å²) in [5, 5.41) is 10.6. The van der Waals surface area contributed by atoms with Gasteiger partial charge >= 0.3 is 5.97 Å². The molecular weight excluding hydrogens is 321 g/mol. The molecule has 0 aromatic heterocycles. The number of amides is 1. The monoisotopic (exact) mass is 329 g/mol. The van der Waals surface area contributed by atoms with E-state index in [0.29, 0.717) is 11.8 Å². The summed E-state index contributed by atoms with van der Waals surface area (Å²) >= 11 is 0.596. The third kappa shape index (κ3) is 3.84. The molecule has 1 unspecified atom stereocenters. The Balaban J connectivity index is 2.85. The summed E-state index contributed by atoms with van der Waals surface area (Å²) in [6.07, 6.45) is 0.123. The minimum absolute atomic E-state index is 0.123. The molecule has 1 aromatic carbocycles. The molecule has 0 radical (unpaired) electrons. The van der Waals surface area contributed by atoms with Crippen LogP contribution in [0.15, 0.2) is 0 Å². The molecule has 0 spiro atoms. The summed E-state index contributed by atoms with van der Waals surface area (Å²) in [5.74, 6) is -12.7. The Kier molecular flexibility index (Phi) is 5.94. The van der Waals surface area contributed by atoms with Crippen LogP contribution in [0.2, 0.25) is 0 Å². The second kappa shape index (κ2) is 7.25. The first-order valence-electron chi connectivity index (χ1n) is 5.31. The van der Waals surface area contributed by atoms with E-state index in [4.69, 9.17) is 5.11 Å². The van der Waals surface area contributed by atoms with Crippen LogP contribution in [-0.2, 0) is 15.3 Å². The maximum atomic E-state index is 13.3. The van der Waals surface area contributed by atoms with E-state index in [-0.39, 0.29) is 12.2 Å². The molecule has 0 aliphatic carbocycles. The average Bonchev–Trinajstić information content (AvgIpc) is 2.45. The molecule has 4 nitrogen and oxygen atoms in total. The van der Waals surface area contributed by atoms with Crippen LogP contribution in [0.5, 0.6) is 0 Å². The Morgan fingerprint density at radius 2 is 1.57 bits per heavy atom. The van der Waals surface area contributed by atoms with Gasteiger partial charge in [0.05, 0.1) is 0 Å². The summed E-state index contributed by atoms with van der Waals surface area (Å²) in [7, 11) is 0. The molecule has 10 heteroatoms. The highest BCUT2D eigenvalue weighted by atomic mass is 32.2. The molecule has 1 amide bonds. The lowest BCUT2D eigenvalue weighted by Crippen LogP contribution is -2.37. The van der Waals surface area contributed by atoms with Crippen molar-refractivity contribution in [3.8, 4) is 0 Å². The molecule has 0 heterocycles. The van der Waals surface area contributed by atoms with Crippen LogP contribution in [0.4, 0.5) is 22.0 Å². The number of carbonyl (C=O) groups excluding carboxylic acids is 1. The van der Waals surface area contributed by atoms with Crippen molar-refractivity contribution in [2.45, 2.75) is 11.8 Å². The van der Waals surface area contributed by atoms with E-state index in [1.165, 1.54) is 0 Å². The quantitative estimate of drug-likeness (QED) is 0.347. The van der Waals surface area contributed by atoms with Crippen LogP contribution in [0.3, 0.4) is 0 Å². The smallest absolute Gasteiger partial charge is 0.327 e. The number of hydrogen-bond donors (Lipinski definition) is 2. The Morgan fingerprint density at radius 1 is 1.10 bits per heavy atom. The topological polar surface area (TPSA) is 66.4 Å². The first-order chi connectivity index (χ1) is 9.81. The van der Waals surface area contributed by atoms with Gasteiger partial charge in [0.25, 0.3) is 0 Å². The minimum Gasteiger partial charge on any atom is -0.480 e. The van der Waals surface area contributed by atoms with Crippen LogP contribution in [0.1, 0.15) is 5.56 Å². The predicted octanol–water partition coefficient (Wildman–Crippen LogP) is 1.81. The Hall–Kier alpha value is -1.84. The maximum Gasteiger partial charge on any atom is 0.327 e. The standard InChI is InChI=1S/C11H8F5NO3S/c12-6-4(7(13)9(15)10(16)8(6)14)1-21-2-5(11(19)20)17-3-18/h3,5H,1-2H2,(H,17,18)(H,19,20). The van der Waals surface area contributed by atoms with Crippen molar-refractivity contribution in [3.05, 3.63) is 34.6 Å². The van der Waals surface area contributed by atoms with Crippen molar-refractivity contribution in [2.75, 3.05) is 5.75 Å². The zero-order valence-electron chi connectivity index (χ0n) is 10.1. The fourth-order valence-corrected chi connectivity index (χ4v) is 2.38. The number of benzene rings is 1. The van der Waals surface area contributed by atoms with Crippen molar-refractivity contribution < 1.29 is 36.6 Å². The van der Waals surface area contributed by atoms with Crippen molar-refractivity contribution in [2.24, 2.45) is 0 Å². The van der Waals surface area contributed by atoms with Crippen molar-refractivity contribution in [1.82, 2.24) is 5.32 Å². The van der Waals surface area contributed by atoms with Gasteiger partial charge in [-0.15, -0.1) is 0 Å². The van der Waals surface area contributed by atoms with Crippen molar-refractivity contribution >= 4 is 24.1 Å². The maximum absolute atomic E-state index is 13.3. The average molecular weight is 329 g/mol. The summed E-state index contributed by atoms with van der Waals surface area (Å²) < 4.78 is 65.2. The normalized spacial score (nSPS) is 12.0. The van der Waals surface area contributed by atoms with E-state index in [2.05, 4.69) is 0 Å². The highest BCUT2D eigenvalue weighted by Gasteiger charge is 2.26. The van der Waals surface area contributed by atoms with E-state index in [9.17, 15) is 31.5 Å². The van der Waals surface area contributed by atoms with Gasteiger partial charge in [-0.1, -0.05) is 0 Å². The fourth-order valence-electron chi connectivity index (χ4n) is 1.33. The van der Waals surface area contributed by atoms with Crippen LogP contribution >= 0.6 is 11.8 Å². The lowest BCUT2D eigenvalue weighted by Gasteiger charge is -2.11. The number of carboxylic acid groups (broad SMARTS) is 1.